The molecule has 0 aliphatic heterocycles. The molecule has 4 heteroatoms. The number of allylic oxidation sites excluding steroid dienone is 1. The molecule has 0 spiro atoms. The van der Waals surface area contributed by atoms with Gasteiger partial charge in [0.15, 0.2) is 5.78 Å². The third kappa shape index (κ3) is 3.85. The van der Waals surface area contributed by atoms with Crippen molar-refractivity contribution in [3.05, 3.63) is 39.4 Å². The number of benzene rings is 1. The lowest BCUT2D eigenvalue weighted by Gasteiger charge is -2.25. The minimum absolute atomic E-state index is 0.118. The van der Waals surface area contributed by atoms with Crippen LogP contribution in [-0.2, 0) is 4.79 Å². The predicted molar refractivity (Wildman–Crippen MR) is 85.3 cm³/mol. The Morgan fingerprint density at radius 3 is 2.70 bits per heavy atom. The molecule has 0 saturated heterocycles. The summed E-state index contributed by atoms with van der Waals surface area (Å²) in [5.74, 6) is 0.392. The van der Waals surface area contributed by atoms with Gasteiger partial charge in [-0.2, -0.15) is 0 Å². The van der Waals surface area contributed by atoms with E-state index in [1.54, 1.807) is 12.1 Å². The number of carbonyl (C=O) groups is 1. The molecule has 1 aromatic carbocycles. The van der Waals surface area contributed by atoms with Gasteiger partial charge in [0.1, 0.15) is 0 Å². The maximum Gasteiger partial charge on any atom is 0.163 e. The van der Waals surface area contributed by atoms with Crippen molar-refractivity contribution >= 4 is 35.1 Å². The largest absolute Gasteiger partial charge is 0.309 e. The quantitative estimate of drug-likeness (QED) is 0.775. The standard InChI is InChI=1S/C16H19Cl2NO/c1-19(2)10-13-5-3-4-12(16(13)20)8-11-6-7-14(17)15(18)9-11/h6-9,13H,3-5,10H2,1-2H3/b12-8+. The molecule has 0 radical (unpaired) electrons. The summed E-state index contributed by atoms with van der Waals surface area (Å²) in [7, 11) is 4.01. The van der Waals surface area contributed by atoms with Crippen molar-refractivity contribution in [2.24, 2.45) is 5.92 Å². The SMILES string of the molecule is CN(C)CC1CCC/C(=C\c2ccc(Cl)c(Cl)c2)C1=O. The molecule has 2 rings (SSSR count). The van der Waals surface area contributed by atoms with Crippen LogP contribution in [-0.4, -0.2) is 31.3 Å². The number of carbonyl (C=O) groups excluding carboxylic acids is 1. The zero-order valence-corrected chi connectivity index (χ0v) is 13.3. The zero-order chi connectivity index (χ0) is 14.7. The van der Waals surface area contributed by atoms with Crippen molar-refractivity contribution in [3.8, 4) is 0 Å². The first-order valence-electron chi connectivity index (χ1n) is 6.82. The van der Waals surface area contributed by atoms with Gasteiger partial charge < -0.3 is 4.90 Å². The lowest BCUT2D eigenvalue weighted by Crippen LogP contribution is -2.31. The van der Waals surface area contributed by atoms with Gasteiger partial charge in [0.05, 0.1) is 10.0 Å². The number of rotatable bonds is 3. The van der Waals surface area contributed by atoms with Crippen molar-refractivity contribution in [2.75, 3.05) is 20.6 Å². The third-order valence-corrected chi connectivity index (χ3v) is 4.30. The smallest absolute Gasteiger partial charge is 0.163 e. The molecule has 0 amide bonds. The van der Waals surface area contributed by atoms with Gasteiger partial charge in [0.2, 0.25) is 0 Å². The van der Waals surface area contributed by atoms with Gasteiger partial charge in [-0.3, -0.25) is 4.79 Å². The van der Waals surface area contributed by atoms with Crippen LogP contribution in [0.15, 0.2) is 23.8 Å². The van der Waals surface area contributed by atoms with Gasteiger partial charge in [-0.25, -0.2) is 0 Å². The first-order valence-corrected chi connectivity index (χ1v) is 7.57. The lowest BCUT2D eigenvalue weighted by molar-refractivity contribution is -0.120. The van der Waals surface area contributed by atoms with Gasteiger partial charge in [-0.05, 0) is 62.7 Å². The fourth-order valence-electron chi connectivity index (χ4n) is 2.62. The van der Waals surface area contributed by atoms with E-state index in [0.717, 1.165) is 36.9 Å². The second-order valence-electron chi connectivity index (χ2n) is 5.56. The maximum absolute atomic E-state index is 12.5. The molecule has 1 saturated carbocycles. The average molecular weight is 312 g/mol. The van der Waals surface area contributed by atoms with E-state index < -0.39 is 0 Å². The van der Waals surface area contributed by atoms with E-state index in [-0.39, 0.29) is 11.7 Å². The highest BCUT2D eigenvalue weighted by molar-refractivity contribution is 6.42. The van der Waals surface area contributed by atoms with Gasteiger partial charge in [-0.1, -0.05) is 29.3 Å². The summed E-state index contributed by atoms with van der Waals surface area (Å²) in [6.07, 6.45) is 4.85. The number of hydrogen-bond donors (Lipinski definition) is 0. The Labute approximate surface area is 130 Å². The van der Waals surface area contributed by atoms with Crippen molar-refractivity contribution in [1.29, 1.82) is 0 Å². The summed E-state index contributed by atoms with van der Waals surface area (Å²) in [6, 6.07) is 5.46. The molecule has 0 heterocycles. The number of Topliss-reactive ketones (excluding diaryl/α,β-unsaturated/α-hetero) is 1. The maximum atomic E-state index is 12.5. The van der Waals surface area contributed by atoms with E-state index in [2.05, 4.69) is 4.90 Å². The summed E-state index contributed by atoms with van der Waals surface area (Å²) >= 11 is 11.9. The summed E-state index contributed by atoms with van der Waals surface area (Å²) in [6.45, 7) is 0.817. The van der Waals surface area contributed by atoms with E-state index >= 15 is 0 Å². The van der Waals surface area contributed by atoms with Gasteiger partial charge in [0.25, 0.3) is 0 Å². The Hall–Kier alpha value is -0.830. The average Bonchev–Trinajstić information content (AvgIpc) is 2.38. The third-order valence-electron chi connectivity index (χ3n) is 3.56. The summed E-state index contributed by atoms with van der Waals surface area (Å²) in [5, 5.41) is 1.06. The highest BCUT2D eigenvalue weighted by Crippen LogP contribution is 2.29. The predicted octanol–water partition coefficient (Wildman–Crippen LogP) is 4.31. The molecule has 108 valence electrons. The monoisotopic (exact) mass is 311 g/mol. The van der Waals surface area contributed by atoms with Crippen LogP contribution in [0.1, 0.15) is 24.8 Å². The summed E-state index contributed by atoms with van der Waals surface area (Å²) in [5.41, 5.74) is 1.84. The fourth-order valence-corrected chi connectivity index (χ4v) is 2.92. The van der Waals surface area contributed by atoms with Crippen LogP contribution in [0.3, 0.4) is 0 Å². The first kappa shape index (κ1) is 15.6. The topological polar surface area (TPSA) is 20.3 Å². The molecular weight excluding hydrogens is 293 g/mol. The first-order chi connectivity index (χ1) is 9.47. The summed E-state index contributed by atoms with van der Waals surface area (Å²) < 4.78 is 0. The summed E-state index contributed by atoms with van der Waals surface area (Å²) in [4.78, 5) is 14.5. The molecule has 1 aliphatic rings. The van der Waals surface area contributed by atoms with Crippen LogP contribution in [0.4, 0.5) is 0 Å². The van der Waals surface area contributed by atoms with Crippen LogP contribution in [0.5, 0.6) is 0 Å². The van der Waals surface area contributed by atoms with Crippen molar-refractivity contribution < 1.29 is 4.79 Å². The normalized spacial score (nSPS) is 21.8. The Kier molecular flexibility index (Phi) is 5.25. The minimum atomic E-state index is 0.118. The molecule has 1 aromatic rings. The van der Waals surface area contributed by atoms with Gasteiger partial charge in [-0.15, -0.1) is 0 Å². The van der Waals surface area contributed by atoms with Crippen LogP contribution < -0.4 is 0 Å². The van der Waals surface area contributed by atoms with Crippen LogP contribution >= 0.6 is 23.2 Å². The van der Waals surface area contributed by atoms with Crippen LogP contribution in [0, 0.1) is 5.92 Å². The fraction of sp³-hybridized carbons (Fsp3) is 0.438. The van der Waals surface area contributed by atoms with Crippen molar-refractivity contribution in [2.45, 2.75) is 19.3 Å². The second kappa shape index (κ2) is 6.75. The number of halogens is 2. The Morgan fingerprint density at radius 1 is 1.30 bits per heavy atom. The molecule has 0 N–H and O–H groups in total. The van der Waals surface area contributed by atoms with E-state index in [4.69, 9.17) is 23.2 Å². The molecule has 1 fully saturated rings. The molecule has 2 nitrogen and oxygen atoms in total. The number of ketones is 1. The second-order valence-corrected chi connectivity index (χ2v) is 6.37. The van der Waals surface area contributed by atoms with E-state index in [0.29, 0.717) is 10.0 Å². The molecule has 20 heavy (non-hydrogen) atoms. The van der Waals surface area contributed by atoms with E-state index in [9.17, 15) is 4.79 Å². The Morgan fingerprint density at radius 2 is 2.05 bits per heavy atom. The minimum Gasteiger partial charge on any atom is -0.309 e. The molecule has 1 aliphatic carbocycles. The van der Waals surface area contributed by atoms with E-state index in [1.165, 1.54) is 0 Å². The number of hydrogen-bond acceptors (Lipinski definition) is 2. The van der Waals surface area contributed by atoms with Gasteiger partial charge >= 0.3 is 0 Å². The molecule has 1 atom stereocenters. The Bertz CT molecular complexity index is 537. The Balaban J connectivity index is 2.20. The zero-order valence-electron chi connectivity index (χ0n) is 11.8. The molecule has 0 aromatic heterocycles. The van der Waals surface area contributed by atoms with E-state index in [1.807, 2.05) is 26.2 Å². The lowest BCUT2D eigenvalue weighted by atomic mass is 9.83. The van der Waals surface area contributed by atoms with Gasteiger partial charge in [0, 0.05) is 12.5 Å². The number of nitrogens with zero attached hydrogens (tertiary/aromatic N) is 1. The highest BCUT2D eigenvalue weighted by Gasteiger charge is 2.26. The molecule has 1 unspecified atom stereocenters. The molecular formula is C16H19Cl2NO. The molecule has 0 bridgehead atoms. The highest BCUT2D eigenvalue weighted by atomic mass is 35.5. The van der Waals surface area contributed by atoms with Crippen LogP contribution in [0.2, 0.25) is 10.0 Å². The van der Waals surface area contributed by atoms with Crippen LogP contribution in [0.25, 0.3) is 6.08 Å². The van der Waals surface area contributed by atoms with Crippen molar-refractivity contribution in [1.82, 2.24) is 4.90 Å². The van der Waals surface area contributed by atoms with Crippen molar-refractivity contribution in [3.63, 3.8) is 0 Å².